The zero-order valence-electron chi connectivity index (χ0n) is 10.3. The summed E-state index contributed by atoms with van der Waals surface area (Å²) in [7, 11) is 0. The van der Waals surface area contributed by atoms with Gasteiger partial charge in [-0.15, -0.1) is 0 Å². The van der Waals surface area contributed by atoms with Crippen molar-refractivity contribution in [3.8, 4) is 5.69 Å². The molecule has 2 aromatic rings. The molecule has 0 saturated heterocycles. The lowest BCUT2D eigenvalue weighted by atomic mass is 10.1. The molecule has 1 unspecified atom stereocenters. The Bertz CT molecular complexity index is 450. The number of hydrogen-bond donors (Lipinski definition) is 1. The van der Waals surface area contributed by atoms with Crippen LogP contribution in [-0.4, -0.2) is 20.8 Å². The number of nitrogens with one attached hydrogen (secondary N) is 1. The molecule has 0 spiro atoms. The molecule has 2 rings (SSSR count). The van der Waals surface area contributed by atoms with Gasteiger partial charge in [0.05, 0.1) is 11.4 Å². The van der Waals surface area contributed by atoms with Gasteiger partial charge in [0, 0.05) is 6.04 Å². The first-order valence-corrected chi connectivity index (χ1v) is 6.02. The monoisotopic (exact) mass is 230 g/mol. The van der Waals surface area contributed by atoms with Crippen molar-refractivity contribution in [1.82, 2.24) is 14.8 Å². The van der Waals surface area contributed by atoms with Crippen LogP contribution in [0.1, 0.15) is 26.7 Å². The van der Waals surface area contributed by atoms with E-state index in [-0.39, 0.29) is 0 Å². The van der Waals surface area contributed by atoms with E-state index in [4.69, 9.17) is 0 Å². The molecule has 0 fully saturated rings. The van der Waals surface area contributed by atoms with Crippen LogP contribution in [0.25, 0.3) is 5.69 Å². The number of aromatic nitrogens is 3. The van der Waals surface area contributed by atoms with Crippen LogP contribution in [0, 0.1) is 0 Å². The van der Waals surface area contributed by atoms with Crippen LogP contribution in [-0.2, 0) is 0 Å². The summed E-state index contributed by atoms with van der Waals surface area (Å²) in [5.41, 5.74) is 2.13. The second-order valence-corrected chi connectivity index (χ2v) is 4.19. The van der Waals surface area contributed by atoms with Crippen LogP contribution in [0.3, 0.4) is 0 Å². The van der Waals surface area contributed by atoms with Crippen molar-refractivity contribution in [2.75, 3.05) is 5.32 Å². The Kier molecular flexibility index (Phi) is 3.75. The molecule has 1 aromatic heterocycles. The molecule has 0 bridgehead atoms. The minimum atomic E-state index is 0.463. The van der Waals surface area contributed by atoms with E-state index in [1.54, 1.807) is 17.3 Å². The highest BCUT2D eigenvalue weighted by Crippen LogP contribution is 2.20. The van der Waals surface area contributed by atoms with Crippen molar-refractivity contribution in [1.29, 1.82) is 0 Å². The van der Waals surface area contributed by atoms with Crippen LogP contribution >= 0.6 is 0 Å². The van der Waals surface area contributed by atoms with Crippen molar-refractivity contribution >= 4 is 5.69 Å². The van der Waals surface area contributed by atoms with Crippen molar-refractivity contribution in [3.63, 3.8) is 0 Å². The van der Waals surface area contributed by atoms with E-state index in [1.165, 1.54) is 6.42 Å². The molecule has 1 N–H and O–H groups in total. The van der Waals surface area contributed by atoms with Gasteiger partial charge in [-0.2, -0.15) is 5.10 Å². The second kappa shape index (κ2) is 5.48. The van der Waals surface area contributed by atoms with E-state index in [1.807, 2.05) is 18.2 Å². The molecule has 4 nitrogen and oxygen atoms in total. The van der Waals surface area contributed by atoms with Crippen molar-refractivity contribution < 1.29 is 0 Å². The van der Waals surface area contributed by atoms with E-state index >= 15 is 0 Å². The topological polar surface area (TPSA) is 42.7 Å². The van der Waals surface area contributed by atoms with E-state index in [0.29, 0.717) is 6.04 Å². The summed E-state index contributed by atoms with van der Waals surface area (Å²) >= 11 is 0. The standard InChI is InChI=1S/C13H18N4/c1-3-6-11(2)16-12-7-4-5-8-13(12)17-10-14-9-15-17/h4-5,7-11,16H,3,6H2,1-2H3. The Morgan fingerprint density at radius 1 is 1.35 bits per heavy atom. The number of benzene rings is 1. The molecule has 1 heterocycles. The molecule has 0 radical (unpaired) electrons. The fourth-order valence-electron chi connectivity index (χ4n) is 1.90. The summed E-state index contributed by atoms with van der Waals surface area (Å²) in [6, 6.07) is 8.61. The average molecular weight is 230 g/mol. The van der Waals surface area contributed by atoms with Crippen LogP contribution in [0.5, 0.6) is 0 Å². The molecule has 1 atom stereocenters. The van der Waals surface area contributed by atoms with Crippen molar-refractivity contribution in [2.24, 2.45) is 0 Å². The van der Waals surface area contributed by atoms with E-state index in [0.717, 1.165) is 17.8 Å². The lowest BCUT2D eigenvalue weighted by molar-refractivity contribution is 0.689. The molecule has 90 valence electrons. The smallest absolute Gasteiger partial charge is 0.138 e. The van der Waals surface area contributed by atoms with Crippen molar-refractivity contribution in [3.05, 3.63) is 36.9 Å². The highest BCUT2D eigenvalue weighted by Gasteiger charge is 2.07. The molecule has 0 aliphatic rings. The van der Waals surface area contributed by atoms with Crippen LogP contribution in [0.2, 0.25) is 0 Å². The number of hydrogen-bond acceptors (Lipinski definition) is 3. The lowest BCUT2D eigenvalue weighted by Crippen LogP contribution is -2.16. The predicted molar refractivity (Wildman–Crippen MR) is 69.4 cm³/mol. The highest BCUT2D eigenvalue weighted by atomic mass is 15.3. The fourth-order valence-corrected chi connectivity index (χ4v) is 1.90. The van der Waals surface area contributed by atoms with Crippen LogP contribution in [0.4, 0.5) is 5.69 Å². The Morgan fingerprint density at radius 2 is 2.18 bits per heavy atom. The van der Waals surface area contributed by atoms with Gasteiger partial charge in [0.15, 0.2) is 0 Å². The van der Waals surface area contributed by atoms with Gasteiger partial charge in [-0.05, 0) is 25.5 Å². The van der Waals surface area contributed by atoms with Gasteiger partial charge in [0.25, 0.3) is 0 Å². The predicted octanol–water partition coefficient (Wildman–Crippen LogP) is 2.87. The first-order valence-electron chi connectivity index (χ1n) is 6.02. The molecule has 0 amide bonds. The third-order valence-electron chi connectivity index (χ3n) is 2.69. The van der Waals surface area contributed by atoms with Gasteiger partial charge >= 0.3 is 0 Å². The third-order valence-corrected chi connectivity index (χ3v) is 2.69. The Balaban J connectivity index is 2.22. The zero-order valence-corrected chi connectivity index (χ0v) is 10.3. The fraction of sp³-hybridized carbons (Fsp3) is 0.385. The van der Waals surface area contributed by atoms with E-state index in [2.05, 4.69) is 35.3 Å². The summed E-state index contributed by atoms with van der Waals surface area (Å²) in [6.45, 7) is 4.39. The first kappa shape index (κ1) is 11.6. The normalized spacial score (nSPS) is 12.4. The van der Waals surface area contributed by atoms with Crippen molar-refractivity contribution in [2.45, 2.75) is 32.7 Å². The van der Waals surface area contributed by atoms with Gasteiger partial charge in [-0.25, -0.2) is 9.67 Å². The Morgan fingerprint density at radius 3 is 2.88 bits per heavy atom. The Hall–Kier alpha value is -1.84. The summed E-state index contributed by atoms with van der Waals surface area (Å²) in [5.74, 6) is 0. The number of para-hydroxylation sites is 2. The minimum Gasteiger partial charge on any atom is -0.381 e. The summed E-state index contributed by atoms with van der Waals surface area (Å²) < 4.78 is 1.78. The third kappa shape index (κ3) is 2.84. The number of nitrogens with zero attached hydrogens (tertiary/aromatic N) is 3. The van der Waals surface area contributed by atoms with Crippen LogP contribution < -0.4 is 5.32 Å². The summed E-state index contributed by atoms with van der Waals surface area (Å²) in [6.07, 6.45) is 5.60. The molecule has 1 aromatic carbocycles. The molecule has 0 saturated carbocycles. The van der Waals surface area contributed by atoms with Gasteiger partial charge in [-0.3, -0.25) is 0 Å². The maximum absolute atomic E-state index is 4.17. The zero-order chi connectivity index (χ0) is 12.1. The van der Waals surface area contributed by atoms with Gasteiger partial charge in [0.2, 0.25) is 0 Å². The molecule has 0 aliphatic carbocycles. The number of rotatable bonds is 5. The summed E-state index contributed by atoms with van der Waals surface area (Å²) in [5, 5.41) is 7.68. The van der Waals surface area contributed by atoms with Gasteiger partial charge in [-0.1, -0.05) is 25.5 Å². The molecule has 0 aliphatic heterocycles. The molecule has 17 heavy (non-hydrogen) atoms. The molecule has 4 heteroatoms. The van der Waals surface area contributed by atoms with E-state index < -0.39 is 0 Å². The SMILES string of the molecule is CCCC(C)Nc1ccccc1-n1cncn1. The van der Waals surface area contributed by atoms with Crippen LogP contribution in [0.15, 0.2) is 36.9 Å². The number of anilines is 1. The average Bonchev–Trinajstić information content (AvgIpc) is 2.83. The largest absolute Gasteiger partial charge is 0.381 e. The maximum atomic E-state index is 4.17. The molecular formula is C13H18N4. The lowest BCUT2D eigenvalue weighted by Gasteiger charge is -2.17. The second-order valence-electron chi connectivity index (χ2n) is 4.19. The van der Waals surface area contributed by atoms with Gasteiger partial charge in [0.1, 0.15) is 12.7 Å². The maximum Gasteiger partial charge on any atom is 0.138 e. The summed E-state index contributed by atoms with van der Waals surface area (Å²) in [4.78, 5) is 3.98. The quantitative estimate of drug-likeness (QED) is 0.858. The highest BCUT2D eigenvalue weighted by molar-refractivity contribution is 5.60. The minimum absolute atomic E-state index is 0.463. The molecular weight excluding hydrogens is 212 g/mol. The van der Waals surface area contributed by atoms with E-state index in [9.17, 15) is 0 Å². The first-order chi connectivity index (χ1) is 8.31. The Labute approximate surface area is 102 Å². The van der Waals surface area contributed by atoms with Gasteiger partial charge < -0.3 is 5.32 Å².